The van der Waals surface area contributed by atoms with E-state index in [2.05, 4.69) is 45.0 Å². The van der Waals surface area contributed by atoms with E-state index < -0.39 is 0 Å². The molecule has 0 saturated carbocycles. The van der Waals surface area contributed by atoms with Gasteiger partial charge in [0.25, 0.3) is 0 Å². The first-order chi connectivity index (χ1) is 7.52. The average molecular weight is 228 g/mol. The molecular weight excluding hydrogens is 196 g/mol. The van der Waals surface area contributed by atoms with E-state index in [-0.39, 0.29) is 0 Å². The van der Waals surface area contributed by atoms with Crippen molar-refractivity contribution in [3.63, 3.8) is 0 Å². The van der Waals surface area contributed by atoms with Crippen molar-refractivity contribution in [2.75, 3.05) is 26.7 Å². The molecule has 0 aromatic heterocycles. The summed E-state index contributed by atoms with van der Waals surface area (Å²) in [6.07, 6.45) is 5.43. The van der Waals surface area contributed by atoms with Crippen LogP contribution in [0.3, 0.4) is 0 Å². The van der Waals surface area contributed by atoms with Crippen molar-refractivity contribution in [2.24, 2.45) is 5.92 Å². The molecule has 0 radical (unpaired) electrons. The normalized spacial score (nSPS) is 12.0. The maximum Gasteiger partial charge on any atom is 0.00103 e. The van der Waals surface area contributed by atoms with Gasteiger partial charge in [-0.3, -0.25) is 0 Å². The largest absolute Gasteiger partial charge is 0.315 e. The molecule has 0 aromatic rings. The Morgan fingerprint density at radius 3 is 2.12 bits per heavy atom. The second-order valence-corrected chi connectivity index (χ2v) is 5.68. The van der Waals surface area contributed by atoms with E-state index >= 15 is 0 Å². The molecule has 0 heterocycles. The van der Waals surface area contributed by atoms with E-state index in [1.165, 1.54) is 45.3 Å². The SMILES string of the molecule is CC(C)CN(C)CCCCCCNC(C)C. The van der Waals surface area contributed by atoms with Crippen LogP contribution in [0.2, 0.25) is 0 Å². The van der Waals surface area contributed by atoms with Gasteiger partial charge >= 0.3 is 0 Å². The summed E-state index contributed by atoms with van der Waals surface area (Å²) in [5, 5.41) is 3.46. The lowest BCUT2D eigenvalue weighted by atomic mass is 10.1. The molecule has 0 bridgehead atoms. The molecule has 2 heteroatoms. The van der Waals surface area contributed by atoms with Crippen LogP contribution < -0.4 is 5.32 Å². The topological polar surface area (TPSA) is 15.3 Å². The zero-order valence-corrected chi connectivity index (χ0v) is 12.1. The minimum Gasteiger partial charge on any atom is -0.315 e. The zero-order valence-electron chi connectivity index (χ0n) is 12.1. The van der Waals surface area contributed by atoms with Crippen molar-refractivity contribution < 1.29 is 0 Å². The highest BCUT2D eigenvalue weighted by molar-refractivity contribution is 4.56. The second kappa shape index (κ2) is 10.1. The summed E-state index contributed by atoms with van der Waals surface area (Å²) < 4.78 is 0. The van der Waals surface area contributed by atoms with Crippen LogP contribution in [0.5, 0.6) is 0 Å². The lowest BCUT2D eigenvalue weighted by molar-refractivity contribution is 0.288. The van der Waals surface area contributed by atoms with E-state index in [0.29, 0.717) is 6.04 Å². The molecule has 0 unspecified atom stereocenters. The molecule has 0 aliphatic heterocycles. The lowest BCUT2D eigenvalue weighted by Crippen LogP contribution is -2.24. The molecule has 0 aliphatic rings. The van der Waals surface area contributed by atoms with Gasteiger partial charge in [-0.2, -0.15) is 0 Å². The Balaban J connectivity index is 3.14. The molecule has 0 atom stereocenters. The van der Waals surface area contributed by atoms with Crippen LogP contribution in [0.1, 0.15) is 53.4 Å². The molecule has 0 spiro atoms. The number of hydrogen-bond acceptors (Lipinski definition) is 2. The smallest absolute Gasteiger partial charge is 0.00103 e. The highest BCUT2D eigenvalue weighted by Crippen LogP contribution is 2.02. The van der Waals surface area contributed by atoms with Crippen LogP contribution in [0.4, 0.5) is 0 Å². The third-order valence-electron chi connectivity index (χ3n) is 2.70. The Kier molecular flexibility index (Phi) is 10.0. The van der Waals surface area contributed by atoms with Crippen LogP contribution in [0.25, 0.3) is 0 Å². The van der Waals surface area contributed by atoms with Gasteiger partial charge in [0.15, 0.2) is 0 Å². The van der Waals surface area contributed by atoms with Crippen molar-refractivity contribution in [3.8, 4) is 0 Å². The van der Waals surface area contributed by atoms with Gasteiger partial charge in [-0.1, -0.05) is 40.5 Å². The standard InChI is InChI=1S/C14H32N2/c1-13(2)12-16(5)11-9-7-6-8-10-15-14(3)4/h13-15H,6-12H2,1-5H3. The minimum atomic E-state index is 0.636. The van der Waals surface area contributed by atoms with Gasteiger partial charge in [0.2, 0.25) is 0 Å². The fourth-order valence-electron chi connectivity index (χ4n) is 1.97. The third kappa shape index (κ3) is 12.0. The molecule has 0 fully saturated rings. The van der Waals surface area contributed by atoms with Crippen LogP contribution >= 0.6 is 0 Å². The molecule has 0 aliphatic carbocycles. The fraction of sp³-hybridized carbons (Fsp3) is 1.00. The van der Waals surface area contributed by atoms with Crippen LogP contribution in [-0.2, 0) is 0 Å². The first-order valence-corrected chi connectivity index (χ1v) is 6.94. The Bertz CT molecular complexity index is 144. The molecule has 0 aromatic carbocycles. The number of nitrogens with one attached hydrogen (secondary N) is 1. The molecule has 0 saturated heterocycles. The molecule has 0 rings (SSSR count). The molecule has 16 heavy (non-hydrogen) atoms. The Hall–Kier alpha value is -0.0800. The number of hydrogen-bond donors (Lipinski definition) is 1. The van der Waals surface area contributed by atoms with Gasteiger partial charge in [0, 0.05) is 12.6 Å². The van der Waals surface area contributed by atoms with Gasteiger partial charge < -0.3 is 10.2 Å². The first kappa shape index (κ1) is 15.9. The quantitative estimate of drug-likeness (QED) is 0.578. The summed E-state index contributed by atoms with van der Waals surface area (Å²) in [5.41, 5.74) is 0. The average Bonchev–Trinajstić information content (AvgIpc) is 2.14. The highest BCUT2D eigenvalue weighted by Gasteiger charge is 2.00. The second-order valence-electron chi connectivity index (χ2n) is 5.68. The fourth-order valence-corrected chi connectivity index (χ4v) is 1.97. The molecular formula is C14H32N2. The Morgan fingerprint density at radius 2 is 1.56 bits per heavy atom. The lowest BCUT2D eigenvalue weighted by Gasteiger charge is -2.18. The van der Waals surface area contributed by atoms with Crippen LogP contribution in [0.15, 0.2) is 0 Å². The van der Waals surface area contributed by atoms with Crippen molar-refractivity contribution in [1.82, 2.24) is 10.2 Å². The molecule has 98 valence electrons. The Morgan fingerprint density at radius 1 is 0.938 bits per heavy atom. The monoisotopic (exact) mass is 228 g/mol. The molecule has 1 N–H and O–H groups in total. The van der Waals surface area contributed by atoms with E-state index in [4.69, 9.17) is 0 Å². The maximum atomic E-state index is 3.46. The van der Waals surface area contributed by atoms with E-state index in [1.807, 2.05) is 0 Å². The van der Waals surface area contributed by atoms with Crippen molar-refractivity contribution >= 4 is 0 Å². The van der Waals surface area contributed by atoms with Crippen molar-refractivity contribution in [3.05, 3.63) is 0 Å². The first-order valence-electron chi connectivity index (χ1n) is 6.94. The Labute approximate surface area is 103 Å². The van der Waals surface area contributed by atoms with Crippen LogP contribution in [0, 0.1) is 5.92 Å². The van der Waals surface area contributed by atoms with Crippen molar-refractivity contribution in [2.45, 2.75) is 59.4 Å². The molecule has 2 nitrogen and oxygen atoms in total. The van der Waals surface area contributed by atoms with Crippen molar-refractivity contribution in [1.29, 1.82) is 0 Å². The number of unbranched alkanes of at least 4 members (excludes halogenated alkanes) is 3. The number of nitrogens with zero attached hydrogens (tertiary/aromatic N) is 1. The van der Waals surface area contributed by atoms with E-state index in [0.717, 1.165) is 5.92 Å². The summed E-state index contributed by atoms with van der Waals surface area (Å²) in [6, 6.07) is 0.636. The molecule has 0 amide bonds. The van der Waals surface area contributed by atoms with Gasteiger partial charge in [-0.15, -0.1) is 0 Å². The van der Waals surface area contributed by atoms with Crippen LogP contribution in [-0.4, -0.2) is 37.6 Å². The van der Waals surface area contributed by atoms with Gasteiger partial charge in [-0.25, -0.2) is 0 Å². The predicted molar refractivity (Wildman–Crippen MR) is 73.9 cm³/mol. The number of rotatable bonds is 10. The van der Waals surface area contributed by atoms with Gasteiger partial charge in [0.05, 0.1) is 0 Å². The van der Waals surface area contributed by atoms with Gasteiger partial charge in [-0.05, 0) is 38.9 Å². The summed E-state index contributed by atoms with van der Waals surface area (Å²) >= 11 is 0. The van der Waals surface area contributed by atoms with E-state index in [9.17, 15) is 0 Å². The highest BCUT2D eigenvalue weighted by atomic mass is 15.1. The summed E-state index contributed by atoms with van der Waals surface area (Å²) in [5.74, 6) is 0.792. The third-order valence-corrected chi connectivity index (χ3v) is 2.70. The zero-order chi connectivity index (χ0) is 12.4. The minimum absolute atomic E-state index is 0.636. The predicted octanol–water partition coefficient (Wildman–Crippen LogP) is 3.13. The summed E-state index contributed by atoms with van der Waals surface area (Å²) in [6.45, 7) is 12.7. The van der Waals surface area contributed by atoms with Gasteiger partial charge in [0.1, 0.15) is 0 Å². The van der Waals surface area contributed by atoms with E-state index in [1.54, 1.807) is 0 Å². The maximum absolute atomic E-state index is 3.46. The summed E-state index contributed by atoms with van der Waals surface area (Å²) in [7, 11) is 2.24. The summed E-state index contributed by atoms with van der Waals surface area (Å²) in [4.78, 5) is 2.46.